The zero-order chi connectivity index (χ0) is 19.8. The number of nitrogens with one attached hydrogen (secondary N) is 2. The first-order valence-corrected chi connectivity index (χ1v) is 9.99. The summed E-state index contributed by atoms with van der Waals surface area (Å²) in [6.45, 7) is 2.30. The minimum Gasteiger partial charge on any atom is -0.467 e. The highest BCUT2D eigenvalue weighted by molar-refractivity contribution is 8.00. The van der Waals surface area contributed by atoms with E-state index in [1.165, 1.54) is 11.8 Å². The number of carbonyl (C=O) groups is 2. The van der Waals surface area contributed by atoms with Crippen molar-refractivity contribution in [2.24, 2.45) is 0 Å². The van der Waals surface area contributed by atoms with Crippen LogP contribution >= 0.6 is 11.8 Å². The van der Waals surface area contributed by atoms with E-state index in [0.29, 0.717) is 17.9 Å². The Morgan fingerprint density at radius 3 is 2.50 bits per heavy atom. The number of amides is 2. The summed E-state index contributed by atoms with van der Waals surface area (Å²) in [5.41, 5.74) is 1.60. The Kier molecular flexibility index (Phi) is 6.92. The quantitative estimate of drug-likeness (QED) is 0.562. The summed E-state index contributed by atoms with van der Waals surface area (Å²) in [4.78, 5) is 25.6. The molecule has 144 valence electrons. The monoisotopic (exact) mass is 394 g/mol. The Morgan fingerprint density at radius 1 is 1.00 bits per heavy atom. The van der Waals surface area contributed by atoms with Crippen molar-refractivity contribution in [2.75, 3.05) is 5.75 Å². The van der Waals surface area contributed by atoms with Crippen LogP contribution in [0.1, 0.15) is 34.6 Å². The number of thioether (sulfide) groups is 1. The van der Waals surface area contributed by atoms with Crippen LogP contribution in [0.25, 0.3) is 0 Å². The number of hydrogen-bond donors (Lipinski definition) is 2. The molecule has 28 heavy (non-hydrogen) atoms. The van der Waals surface area contributed by atoms with Gasteiger partial charge in [0.1, 0.15) is 5.76 Å². The van der Waals surface area contributed by atoms with E-state index in [0.717, 1.165) is 10.5 Å². The lowest BCUT2D eigenvalue weighted by atomic mass is 10.1. The van der Waals surface area contributed by atoms with E-state index in [4.69, 9.17) is 4.42 Å². The van der Waals surface area contributed by atoms with Crippen LogP contribution < -0.4 is 10.6 Å². The van der Waals surface area contributed by atoms with Crippen molar-refractivity contribution in [1.82, 2.24) is 10.6 Å². The van der Waals surface area contributed by atoms with Gasteiger partial charge in [-0.05, 0) is 36.8 Å². The maximum absolute atomic E-state index is 12.7. The second-order valence-corrected chi connectivity index (χ2v) is 7.26. The molecule has 0 spiro atoms. The molecule has 5 nitrogen and oxygen atoms in total. The molecule has 0 fully saturated rings. The first kappa shape index (κ1) is 19.8. The summed E-state index contributed by atoms with van der Waals surface area (Å²) < 4.78 is 5.20. The molecule has 6 heteroatoms. The molecule has 0 aliphatic carbocycles. The largest absolute Gasteiger partial charge is 0.467 e. The molecule has 3 rings (SSSR count). The summed E-state index contributed by atoms with van der Waals surface area (Å²) in [5.74, 6) is 0.650. The van der Waals surface area contributed by atoms with E-state index in [1.807, 2.05) is 55.5 Å². The van der Waals surface area contributed by atoms with Gasteiger partial charge in [-0.3, -0.25) is 9.59 Å². The number of benzene rings is 2. The average Bonchev–Trinajstić information content (AvgIpc) is 3.25. The number of carbonyl (C=O) groups excluding carboxylic acids is 2. The van der Waals surface area contributed by atoms with Crippen molar-refractivity contribution >= 4 is 23.6 Å². The Morgan fingerprint density at radius 2 is 1.75 bits per heavy atom. The molecule has 0 radical (unpaired) electrons. The summed E-state index contributed by atoms with van der Waals surface area (Å²) in [5, 5.41) is 5.82. The van der Waals surface area contributed by atoms with Crippen LogP contribution in [0.15, 0.2) is 82.3 Å². The molecule has 2 N–H and O–H groups in total. The lowest BCUT2D eigenvalue weighted by Crippen LogP contribution is -2.27. The minimum atomic E-state index is -0.157. The molecule has 0 aliphatic heterocycles. The van der Waals surface area contributed by atoms with E-state index < -0.39 is 0 Å². The fourth-order valence-corrected chi connectivity index (χ4v) is 3.55. The van der Waals surface area contributed by atoms with Gasteiger partial charge in [-0.25, -0.2) is 0 Å². The van der Waals surface area contributed by atoms with E-state index >= 15 is 0 Å². The average molecular weight is 394 g/mol. The minimum absolute atomic E-state index is 0.108. The third-order valence-corrected chi connectivity index (χ3v) is 5.25. The third kappa shape index (κ3) is 5.50. The zero-order valence-electron chi connectivity index (χ0n) is 15.6. The molecule has 0 aliphatic rings. The van der Waals surface area contributed by atoms with Crippen molar-refractivity contribution in [3.63, 3.8) is 0 Å². The maximum Gasteiger partial charge on any atom is 0.252 e. The molecule has 1 atom stereocenters. The second kappa shape index (κ2) is 9.80. The smallest absolute Gasteiger partial charge is 0.252 e. The molecular weight excluding hydrogens is 372 g/mol. The summed E-state index contributed by atoms with van der Waals surface area (Å²) in [6.07, 6.45) is 1.57. The summed E-state index contributed by atoms with van der Waals surface area (Å²) in [7, 11) is 0. The van der Waals surface area contributed by atoms with Gasteiger partial charge in [-0.2, -0.15) is 0 Å². The highest BCUT2D eigenvalue weighted by atomic mass is 32.2. The molecular formula is C22H22N2O3S. The normalized spacial score (nSPS) is 11.6. The SMILES string of the molecule is C[C@H](NC(=O)c1ccccc1SCC(=O)NCc1ccco1)c1ccccc1. The van der Waals surface area contributed by atoms with Crippen LogP contribution in [0.5, 0.6) is 0 Å². The van der Waals surface area contributed by atoms with Crippen LogP contribution in [-0.2, 0) is 11.3 Å². The van der Waals surface area contributed by atoms with E-state index in [-0.39, 0.29) is 23.6 Å². The van der Waals surface area contributed by atoms with E-state index in [9.17, 15) is 9.59 Å². The van der Waals surface area contributed by atoms with Crippen molar-refractivity contribution in [3.8, 4) is 0 Å². The molecule has 0 saturated heterocycles. The van der Waals surface area contributed by atoms with Crippen molar-refractivity contribution in [1.29, 1.82) is 0 Å². The topological polar surface area (TPSA) is 71.3 Å². The van der Waals surface area contributed by atoms with Crippen LogP contribution in [0.2, 0.25) is 0 Å². The van der Waals surface area contributed by atoms with Gasteiger partial charge in [0.25, 0.3) is 5.91 Å². The van der Waals surface area contributed by atoms with E-state index in [1.54, 1.807) is 24.5 Å². The third-order valence-electron chi connectivity index (χ3n) is 4.18. The number of hydrogen-bond acceptors (Lipinski definition) is 4. The molecule has 0 bridgehead atoms. The molecule has 0 unspecified atom stereocenters. The first-order chi connectivity index (χ1) is 13.6. The fraction of sp³-hybridized carbons (Fsp3) is 0.182. The van der Waals surface area contributed by atoms with Crippen molar-refractivity contribution in [2.45, 2.75) is 24.4 Å². The Balaban J connectivity index is 1.57. The summed E-state index contributed by atoms with van der Waals surface area (Å²) >= 11 is 1.34. The number of rotatable bonds is 8. The molecule has 2 amide bonds. The van der Waals surface area contributed by atoms with Crippen LogP contribution in [0.3, 0.4) is 0 Å². The van der Waals surface area contributed by atoms with Gasteiger partial charge in [0, 0.05) is 4.90 Å². The summed E-state index contributed by atoms with van der Waals surface area (Å²) in [6, 6.07) is 20.6. The molecule has 1 aromatic heterocycles. The van der Waals surface area contributed by atoms with E-state index in [2.05, 4.69) is 10.6 Å². The first-order valence-electron chi connectivity index (χ1n) is 9.00. The van der Waals surface area contributed by atoms with Gasteiger partial charge in [0.05, 0.1) is 30.2 Å². The molecule has 3 aromatic rings. The lowest BCUT2D eigenvalue weighted by Gasteiger charge is -2.16. The van der Waals surface area contributed by atoms with Crippen LogP contribution in [0, 0.1) is 0 Å². The Labute approximate surface area is 168 Å². The van der Waals surface area contributed by atoms with Gasteiger partial charge in [-0.15, -0.1) is 11.8 Å². The predicted octanol–water partition coefficient (Wildman–Crippen LogP) is 4.18. The highest BCUT2D eigenvalue weighted by Gasteiger charge is 2.15. The van der Waals surface area contributed by atoms with Gasteiger partial charge in [0.2, 0.25) is 5.91 Å². The van der Waals surface area contributed by atoms with Gasteiger partial charge >= 0.3 is 0 Å². The second-order valence-electron chi connectivity index (χ2n) is 6.25. The van der Waals surface area contributed by atoms with Crippen LogP contribution in [-0.4, -0.2) is 17.6 Å². The van der Waals surface area contributed by atoms with Crippen molar-refractivity contribution in [3.05, 3.63) is 89.9 Å². The Hall–Kier alpha value is -2.99. The van der Waals surface area contributed by atoms with Crippen molar-refractivity contribution < 1.29 is 14.0 Å². The lowest BCUT2D eigenvalue weighted by molar-refractivity contribution is -0.118. The standard InChI is InChI=1S/C22H22N2O3S/c1-16(17-8-3-2-4-9-17)24-22(26)19-11-5-6-12-20(19)28-15-21(25)23-14-18-10-7-13-27-18/h2-13,16H,14-15H2,1H3,(H,23,25)(H,24,26)/t16-/m0/s1. The van der Waals surface area contributed by atoms with Crippen LogP contribution in [0.4, 0.5) is 0 Å². The molecule has 2 aromatic carbocycles. The zero-order valence-corrected chi connectivity index (χ0v) is 16.4. The maximum atomic E-state index is 12.7. The Bertz CT molecular complexity index is 911. The van der Waals surface area contributed by atoms with Gasteiger partial charge < -0.3 is 15.1 Å². The predicted molar refractivity (Wildman–Crippen MR) is 110 cm³/mol. The van der Waals surface area contributed by atoms with Gasteiger partial charge in [0.15, 0.2) is 0 Å². The fourth-order valence-electron chi connectivity index (χ4n) is 2.67. The highest BCUT2D eigenvalue weighted by Crippen LogP contribution is 2.23. The number of furan rings is 1. The molecule has 0 saturated carbocycles. The molecule has 1 heterocycles. The van der Waals surface area contributed by atoms with Gasteiger partial charge in [-0.1, -0.05) is 42.5 Å².